The second-order valence-electron chi connectivity index (χ2n) is 4.08. The molecular weight excluding hydrogens is 318 g/mol. The van der Waals surface area contributed by atoms with Crippen LogP contribution in [0.4, 0.5) is 5.82 Å². The number of aromatic nitrogens is 6. The van der Waals surface area contributed by atoms with Gasteiger partial charge < -0.3 is 5.43 Å². The van der Waals surface area contributed by atoms with Crippen molar-refractivity contribution < 1.29 is 8.42 Å². The molecule has 21 heavy (non-hydrogen) atoms. The maximum atomic E-state index is 12.5. The number of tetrazole rings is 1. The molecule has 13 heteroatoms. The Bertz CT molecular complexity index is 850. The van der Waals surface area contributed by atoms with Gasteiger partial charge in [-0.25, -0.2) is 14.3 Å². The Morgan fingerprint density at radius 2 is 2.33 bits per heavy atom. The SMILES string of the molecule is CC(NS(=O)(=O)c1c(NN)nc2sccn12)c1nn[nH]n1. The van der Waals surface area contributed by atoms with Crippen molar-refractivity contribution in [3.63, 3.8) is 0 Å². The summed E-state index contributed by atoms with van der Waals surface area (Å²) in [7, 11) is -3.89. The number of nitrogen functional groups attached to an aromatic ring is 1. The molecule has 0 saturated heterocycles. The molecule has 0 spiro atoms. The van der Waals surface area contributed by atoms with Crippen molar-refractivity contribution in [2.45, 2.75) is 18.0 Å². The molecule has 11 nitrogen and oxygen atoms in total. The van der Waals surface area contributed by atoms with Crippen LogP contribution < -0.4 is 16.0 Å². The average molecular weight is 329 g/mol. The summed E-state index contributed by atoms with van der Waals surface area (Å²) in [4.78, 5) is 4.61. The number of imidazole rings is 1. The topological polar surface area (TPSA) is 156 Å². The van der Waals surface area contributed by atoms with E-state index in [0.29, 0.717) is 4.96 Å². The fourth-order valence-corrected chi connectivity index (χ4v) is 4.03. The molecule has 1 atom stereocenters. The minimum Gasteiger partial charge on any atom is -0.306 e. The minimum atomic E-state index is -3.89. The smallest absolute Gasteiger partial charge is 0.261 e. The molecular formula is C8H11N9O2S2. The van der Waals surface area contributed by atoms with Gasteiger partial charge in [0.2, 0.25) is 5.03 Å². The van der Waals surface area contributed by atoms with E-state index in [1.54, 1.807) is 18.5 Å². The number of H-pyrrole nitrogens is 1. The lowest BCUT2D eigenvalue weighted by Crippen LogP contribution is -2.29. The van der Waals surface area contributed by atoms with Crippen molar-refractivity contribution in [2.75, 3.05) is 5.43 Å². The molecule has 0 amide bonds. The van der Waals surface area contributed by atoms with Crippen molar-refractivity contribution in [3.8, 4) is 0 Å². The highest BCUT2D eigenvalue weighted by molar-refractivity contribution is 7.89. The number of thiazole rings is 1. The lowest BCUT2D eigenvalue weighted by atomic mass is 10.4. The van der Waals surface area contributed by atoms with E-state index in [9.17, 15) is 8.42 Å². The van der Waals surface area contributed by atoms with Gasteiger partial charge in [0, 0.05) is 11.6 Å². The maximum absolute atomic E-state index is 12.5. The van der Waals surface area contributed by atoms with Gasteiger partial charge >= 0.3 is 0 Å². The Balaban J connectivity index is 2.02. The summed E-state index contributed by atoms with van der Waals surface area (Å²) in [5.41, 5.74) is 2.29. The molecule has 3 rings (SSSR count). The van der Waals surface area contributed by atoms with Crippen molar-refractivity contribution in [3.05, 3.63) is 17.4 Å². The number of nitrogens with one attached hydrogen (secondary N) is 3. The number of hydrazine groups is 1. The van der Waals surface area contributed by atoms with E-state index in [0.717, 1.165) is 0 Å². The highest BCUT2D eigenvalue weighted by atomic mass is 32.2. The highest BCUT2D eigenvalue weighted by Gasteiger charge is 2.28. The first-order valence-corrected chi connectivity index (χ1v) is 8.07. The van der Waals surface area contributed by atoms with Crippen LogP contribution in [-0.4, -0.2) is 38.4 Å². The van der Waals surface area contributed by atoms with Gasteiger partial charge in [-0.2, -0.15) is 14.9 Å². The second-order valence-corrected chi connectivity index (χ2v) is 6.58. The largest absolute Gasteiger partial charge is 0.306 e. The zero-order valence-corrected chi connectivity index (χ0v) is 12.3. The lowest BCUT2D eigenvalue weighted by Gasteiger charge is -2.11. The van der Waals surface area contributed by atoms with Gasteiger partial charge in [-0.3, -0.25) is 4.40 Å². The molecule has 1 unspecified atom stereocenters. The molecule has 0 saturated carbocycles. The third-order valence-electron chi connectivity index (χ3n) is 2.69. The van der Waals surface area contributed by atoms with Gasteiger partial charge in [0.25, 0.3) is 10.0 Å². The summed E-state index contributed by atoms with van der Waals surface area (Å²) < 4.78 is 29.0. The third-order valence-corrected chi connectivity index (χ3v) is 5.01. The van der Waals surface area contributed by atoms with Crippen molar-refractivity contribution in [2.24, 2.45) is 5.84 Å². The Kier molecular flexibility index (Phi) is 3.32. The number of hydrogen-bond acceptors (Lipinski definition) is 9. The zero-order valence-electron chi connectivity index (χ0n) is 10.7. The molecule has 0 radical (unpaired) electrons. The predicted octanol–water partition coefficient (Wildman–Crippen LogP) is -0.766. The van der Waals surface area contributed by atoms with Crippen LogP contribution in [-0.2, 0) is 10.0 Å². The molecule has 3 aromatic heterocycles. The first kappa shape index (κ1) is 13.9. The number of rotatable bonds is 5. The Morgan fingerprint density at radius 1 is 1.52 bits per heavy atom. The fourth-order valence-electron chi connectivity index (χ4n) is 1.81. The molecule has 3 aromatic rings. The van der Waals surface area contributed by atoms with Gasteiger partial charge in [0.15, 0.2) is 16.6 Å². The van der Waals surface area contributed by atoms with Gasteiger partial charge in [0.05, 0.1) is 6.04 Å². The molecule has 0 bridgehead atoms. The summed E-state index contributed by atoms with van der Waals surface area (Å²) in [6.45, 7) is 1.60. The standard InChI is InChI=1S/C8H11N9O2S2/c1-4(5-12-15-16-13-5)14-21(18,19)7-6(11-9)10-8-17(7)2-3-20-8/h2-4,11,14H,9H2,1H3,(H,12,13,15,16). The van der Waals surface area contributed by atoms with E-state index in [1.165, 1.54) is 15.7 Å². The third kappa shape index (κ3) is 2.35. The molecule has 0 aliphatic carbocycles. The first-order chi connectivity index (χ1) is 10.0. The minimum absolute atomic E-state index is 0.0645. The quantitative estimate of drug-likeness (QED) is 0.351. The number of fused-ring (bicyclic) bond motifs is 1. The molecule has 0 aliphatic rings. The van der Waals surface area contributed by atoms with E-state index >= 15 is 0 Å². The van der Waals surface area contributed by atoms with Crippen LogP contribution in [0.5, 0.6) is 0 Å². The van der Waals surface area contributed by atoms with Crippen LogP contribution in [0.1, 0.15) is 18.8 Å². The van der Waals surface area contributed by atoms with E-state index in [1.807, 2.05) is 0 Å². The average Bonchev–Trinajstić information content (AvgIpc) is 3.13. The molecule has 0 aliphatic heterocycles. The van der Waals surface area contributed by atoms with Crippen molar-refractivity contribution in [1.29, 1.82) is 0 Å². The Labute approximate surface area is 122 Å². The lowest BCUT2D eigenvalue weighted by molar-refractivity contribution is 0.556. The second kappa shape index (κ2) is 5.03. The number of sulfonamides is 1. The van der Waals surface area contributed by atoms with Crippen LogP contribution in [0.15, 0.2) is 16.6 Å². The molecule has 0 fully saturated rings. The van der Waals surface area contributed by atoms with Crippen molar-refractivity contribution >= 4 is 32.1 Å². The van der Waals surface area contributed by atoms with Crippen molar-refractivity contribution in [1.82, 2.24) is 34.7 Å². The molecule has 5 N–H and O–H groups in total. The number of nitrogens with two attached hydrogens (primary N) is 1. The van der Waals surface area contributed by atoms with E-state index in [2.05, 4.69) is 35.8 Å². The van der Waals surface area contributed by atoms with Crippen LogP contribution in [0.25, 0.3) is 4.96 Å². The molecule has 112 valence electrons. The first-order valence-electron chi connectivity index (χ1n) is 5.71. The van der Waals surface area contributed by atoms with E-state index in [-0.39, 0.29) is 16.7 Å². The normalized spacial score (nSPS) is 13.6. The number of aromatic amines is 1. The Hall–Kier alpha value is -2.09. The zero-order chi connectivity index (χ0) is 15.0. The number of nitrogens with zero attached hydrogens (tertiary/aromatic N) is 5. The van der Waals surface area contributed by atoms with Gasteiger partial charge in [-0.1, -0.05) is 5.21 Å². The van der Waals surface area contributed by atoms with Crippen LogP contribution in [0.2, 0.25) is 0 Å². The van der Waals surface area contributed by atoms with Gasteiger partial charge in [0.1, 0.15) is 0 Å². The Morgan fingerprint density at radius 3 is 3.00 bits per heavy atom. The fraction of sp³-hybridized carbons (Fsp3) is 0.250. The summed E-state index contributed by atoms with van der Waals surface area (Å²) in [5, 5.41) is 14.8. The van der Waals surface area contributed by atoms with Crippen LogP contribution >= 0.6 is 11.3 Å². The van der Waals surface area contributed by atoms with Gasteiger partial charge in [-0.05, 0) is 6.92 Å². The summed E-state index contributed by atoms with van der Waals surface area (Å²) >= 11 is 1.29. The highest BCUT2D eigenvalue weighted by Crippen LogP contribution is 2.25. The summed E-state index contributed by atoms with van der Waals surface area (Å²) in [5.74, 6) is 5.64. The number of anilines is 1. The predicted molar refractivity (Wildman–Crippen MR) is 73.8 cm³/mol. The van der Waals surface area contributed by atoms with E-state index in [4.69, 9.17) is 5.84 Å². The molecule has 3 heterocycles. The maximum Gasteiger partial charge on any atom is 0.261 e. The monoisotopic (exact) mass is 329 g/mol. The van der Waals surface area contributed by atoms with Gasteiger partial charge in [-0.15, -0.1) is 21.5 Å². The van der Waals surface area contributed by atoms with Crippen LogP contribution in [0.3, 0.4) is 0 Å². The summed E-state index contributed by atoms with van der Waals surface area (Å²) in [6.07, 6.45) is 1.60. The molecule has 0 aromatic carbocycles. The number of hydrogen-bond donors (Lipinski definition) is 4. The van der Waals surface area contributed by atoms with Crippen LogP contribution in [0, 0.1) is 0 Å². The summed E-state index contributed by atoms with van der Waals surface area (Å²) in [6, 6.07) is -0.663. The van der Waals surface area contributed by atoms with E-state index < -0.39 is 16.1 Å².